The molecule has 0 aliphatic carbocycles. The molecule has 0 amide bonds. The van der Waals surface area contributed by atoms with Gasteiger partial charge in [0.1, 0.15) is 0 Å². The molecule has 80 valence electrons. The Balaban J connectivity index is 2.65. The van der Waals surface area contributed by atoms with E-state index in [9.17, 15) is 0 Å². The number of benzene rings is 1. The summed E-state index contributed by atoms with van der Waals surface area (Å²) in [4.78, 5) is 2.32. The van der Waals surface area contributed by atoms with E-state index in [1.165, 1.54) is 5.56 Å². The molecule has 1 aromatic rings. The molecular formula is C13H18N2. The lowest BCUT2D eigenvalue weighted by atomic mass is 10.1. The molecule has 0 fully saturated rings. The van der Waals surface area contributed by atoms with Crippen LogP contribution in [0.1, 0.15) is 31.9 Å². The van der Waals surface area contributed by atoms with E-state index < -0.39 is 0 Å². The lowest BCUT2D eigenvalue weighted by Crippen LogP contribution is -2.27. The topological polar surface area (TPSA) is 27.0 Å². The van der Waals surface area contributed by atoms with Crippen molar-refractivity contribution >= 4 is 0 Å². The van der Waals surface area contributed by atoms with Crippen molar-refractivity contribution in [1.82, 2.24) is 4.90 Å². The Kier molecular flexibility index (Phi) is 4.86. The van der Waals surface area contributed by atoms with Crippen molar-refractivity contribution in [2.75, 3.05) is 13.1 Å². The Morgan fingerprint density at radius 1 is 1.33 bits per heavy atom. The van der Waals surface area contributed by atoms with Crippen LogP contribution in [-0.2, 0) is 0 Å². The molecule has 0 aromatic heterocycles. The fraction of sp³-hybridized carbons (Fsp3) is 0.462. The maximum atomic E-state index is 8.59. The Morgan fingerprint density at radius 3 is 2.53 bits per heavy atom. The molecule has 0 saturated carbocycles. The van der Waals surface area contributed by atoms with Crippen LogP contribution in [0.25, 0.3) is 0 Å². The molecule has 1 unspecified atom stereocenters. The maximum Gasteiger partial charge on any atom is 0.0635 e. The predicted molar refractivity (Wildman–Crippen MR) is 62.3 cm³/mol. The zero-order valence-corrected chi connectivity index (χ0v) is 9.48. The van der Waals surface area contributed by atoms with Crippen molar-refractivity contribution in [3.8, 4) is 6.07 Å². The van der Waals surface area contributed by atoms with Gasteiger partial charge in [-0.25, -0.2) is 0 Å². The van der Waals surface area contributed by atoms with Crippen LogP contribution >= 0.6 is 0 Å². The molecule has 2 nitrogen and oxygen atoms in total. The summed E-state index contributed by atoms with van der Waals surface area (Å²) in [5.74, 6) is 0. The Hall–Kier alpha value is -1.33. The van der Waals surface area contributed by atoms with Crippen molar-refractivity contribution in [1.29, 1.82) is 5.26 Å². The van der Waals surface area contributed by atoms with Crippen LogP contribution < -0.4 is 0 Å². The summed E-state index contributed by atoms with van der Waals surface area (Å²) in [5.41, 5.74) is 1.32. The highest BCUT2D eigenvalue weighted by Crippen LogP contribution is 2.19. The van der Waals surface area contributed by atoms with E-state index in [0.29, 0.717) is 12.5 Å². The quantitative estimate of drug-likeness (QED) is 0.734. The third kappa shape index (κ3) is 3.38. The molecule has 0 heterocycles. The average Bonchev–Trinajstić information content (AvgIpc) is 2.31. The van der Waals surface area contributed by atoms with Crippen molar-refractivity contribution < 1.29 is 0 Å². The minimum atomic E-state index is 0.393. The molecule has 2 heteroatoms. The van der Waals surface area contributed by atoms with Gasteiger partial charge >= 0.3 is 0 Å². The van der Waals surface area contributed by atoms with E-state index in [1.807, 2.05) is 6.07 Å². The fourth-order valence-electron chi connectivity index (χ4n) is 1.76. The minimum Gasteiger partial charge on any atom is -0.296 e. The molecule has 1 atom stereocenters. The molecule has 0 N–H and O–H groups in total. The van der Waals surface area contributed by atoms with Crippen molar-refractivity contribution in [2.45, 2.75) is 26.3 Å². The number of hydrogen-bond donors (Lipinski definition) is 0. The zero-order chi connectivity index (χ0) is 11.1. The van der Waals surface area contributed by atoms with Gasteiger partial charge in [-0.2, -0.15) is 5.26 Å². The standard InChI is InChI=1S/C13H18N2/c1-3-15(11-7-10-14)12(2)13-8-5-4-6-9-13/h4-6,8-9,12H,3,7,11H2,1-2H3. The first kappa shape index (κ1) is 11.7. The fourth-order valence-corrected chi connectivity index (χ4v) is 1.76. The van der Waals surface area contributed by atoms with Crippen LogP contribution in [-0.4, -0.2) is 18.0 Å². The highest BCUT2D eigenvalue weighted by Gasteiger charge is 2.12. The maximum absolute atomic E-state index is 8.59. The summed E-state index contributed by atoms with van der Waals surface area (Å²) in [6.07, 6.45) is 0.602. The van der Waals surface area contributed by atoms with Gasteiger partial charge < -0.3 is 0 Å². The van der Waals surface area contributed by atoms with Gasteiger partial charge in [0.15, 0.2) is 0 Å². The van der Waals surface area contributed by atoms with Crippen LogP contribution in [0, 0.1) is 11.3 Å². The summed E-state index contributed by atoms with van der Waals surface area (Å²) < 4.78 is 0. The van der Waals surface area contributed by atoms with Crippen molar-refractivity contribution in [2.24, 2.45) is 0 Å². The van der Waals surface area contributed by atoms with Crippen LogP contribution in [0.4, 0.5) is 0 Å². The Bertz CT molecular complexity index is 313. The molecule has 0 aliphatic heterocycles. The molecule has 1 rings (SSSR count). The minimum absolute atomic E-state index is 0.393. The number of rotatable bonds is 5. The van der Waals surface area contributed by atoms with E-state index in [4.69, 9.17) is 5.26 Å². The summed E-state index contributed by atoms with van der Waals surface area (Å²) >= 11 is 0. The molecule has 1 aromatic carbocycles. The normalized spacial score (nSPS) is 12.4. The van der Waals surface area contributed by atoms with Crippen LogP contribution in [0.15, 0.2) is 30.3 Å². The summed E-state index contributed by atoms with van der Waals surface area (Å²) in [6.45, 7) is 6.16. The van der Waals surface area contributed by atoms with Crippen molar-refractivity contribution in [3.05, 3.63) is 35.9 Å². The van der Waals surface area contributed by atoms with E-state index in [0.717, 1.165) is 13.1 Å². The van der Waals surface area contributed by atoms with E-state index in [-0.39, 0.29) is 0 Å². The second-order valence-electron chi connectivity index (χ2n) is 3.62. The predicted octanol–water partition coefficient (Wildman–Crippen LogP) is 2.98. The first-order valence-electron chi connectivity index (χ1n) is 5.45. The van der Waals surface area contributed by atoms with E-state index in [2.05, 4.69) is 49.1 Å². The molecular weight excluding hydrogens is 184 g/mol. The van der Waals surface area contributed by atoms with Crippen LogP contribution in [0.5, 0.6) is 0 Å². The third-order valence-corrected chi connectivity index (χ3v) is 2.75. The second kappa shape index (κ2) is 6.21. The third-order valence-electron chi connectivity index (χ3n) is 2.75. The summed E-state index contributed by atoms with van der Waals surface area (Å²) in [7, 11) is 0. The smallest absolute Gasteiger partial charge is 0.0635 e. The molecule has 0 radical (unpaired) electrons. The number of nitrogens with zero attached hydrogens (tertiary/aromatic N) is 2. The average molecular weight is 202 g/mol. The van der Waals surface area contributed by atoms with Gasteiger partial charge in [0.25, 0.3) is 0 Å². The van der Waals surface area contributed by atoms with Crippen LogP contribution in [0.2, 0.25) is 0 Å². The molecule has 0 spiro atoms. The lowest BCUT2D eigenvalue weighted by Gasteiger charge is -2.27. The van der Waals surface area contributed by atoms with Gasteiger partial charge in [0.05, 0.1) is 6.07 Å². The number of hydrogen-bond acceptors (Lipinski definition) is 2. The highest BCUT2D eigenvalue weighted by atomic mass is 15.1. The van der Waals surface area contributed by atoms with Crippen molar-refractivity contribution in [3.63, 3.8) is 0 Å². The van der Waals surface area contributed by atoms with Gasteiger partial charge in [-0.1, -0.05) is 37.3 Å². The largest absolute Gasteiger partial charge is 0.296 e. The summed E-state index contributed by atoms with van der Waals surface area (Å²) in [5, 5.41) is 8.59. The SMILES string of the molecule is CCN(CCC#N)C(C)c1ccccc1. The molecule has 0 aliphatic rings. The second-order valence-corrected chi connectivity index (χ2v) is 3.62. The van der Waals surface area contributed by atoms with Gasteiger partial charge in [-0.15, -0.1) is 0 Å². The van der Waals surface area contributed by atoms with Crippen LogP contribution in [0.3, 0.4) is 0 Å². The highest BCUT2D eigenvalue weighted by molar-refractivity contribution is 5.18. The number of nitriles is 1. The first-order valence-corrected chi connectivity index (χ1v) is 5.45. The monoisotopic (exact) mass is 202 g/mol. The lowest BCUT2D eigenvalue weighted by molar-refractivity contribution is 0.227. The Morgan fingerprint density at radius 2 is 2.00 bits per heavy atom. The van der Waals surface area contributed by atoms with Gasteiger partial charge in [-0.05, 0) is 19.0 Å². The molecule has 0 saturated heterocycles. The summed E-state index contributed by atoms with van der Waals surface area (Å²) in [6, 6.07) is 13.0. The van der Waals surface area contributed by atoms with Gasteiger partial charge in [-0.3, -0.25) is 4.90 Å². The van der Waals surface area contributed by atoms with Gasteiger partial charge in [0.2, 0.25) is 0 Å². The first-order chi connectivity index (χ1) is 7.29. The van der Waals surface area contributed by atoms with E-state index >= 15 is 0 Å². The Labute approximate surface area is 92.1 Å². The van der Waals surface area contributed by atoms with Gasteiger partial charge in [0, 0.05) is 19.0 Å². The molecule has 15 heavy (non-hydrogen) atoms. The van der Waals surface area contributed by atoms with E-state index in [1.54, 1.807) is 0 Å². The zero-order valence-electron chi connectivity index (χ0n) is 9.48. The molecule has 0 bridgehead atoms.